The number of nitrogens with two attached hydrogens (primary N) is 1. The van der Waals surface area contributed by atoms with E-state index in [1.165, 1.54) is 6.21 Å². The van der Waals surface area contributed by atoms with Gasteiger partial charge in [0.05, 0.1) is 5.69 Å². The normalized spacial score (nSPS) is 10.1. The number of rotatable bonds is 5. The van der Waals surface area contributed by atoms with Crippen molar-refractivity contribution in [3.05, 3.63) is 78.0 Å². The van der Waals surface area contributed by atoms with E-state index < -0.39 is 0 Å². The Labute approximate surface area is 145 Å². The zero-order valence-corrected chi connectivity index (χ0v) is 13.5. The van der Waals surface area contributed by atoms with E-state index in [9.17, 15) is 0 Å². The summed E-state index contributed by atoms with van der Waals surface area (Å²) in [7, 11) is 0. The molecule has 1 heterocycles. The van der Waals surface area contributed by atoms with Crippen LogP contribution < -0.4 is 16.4 Å². The second kappa shape index (κ2) is 7.27. The third-order valence-electron chi connectivity index (χ3n) is 3.64. The van der Waals surface area contributed by atoms with Crippen molar-refractivity contribution in [2.24, 2.45) is 0 Å². The molecule has 0 amide bonds. The number of nitrogen functional groups attached to an aromatic ring is 1. The smallest absolute Gasteiger partial charge is 0.132 e. The molecule has 6 heteroatoms. The summed E-state index contributed by atoms with van der Waals surface area (Å²) in [5.74, 6) is 0.945. The molecule has 0 spiro atoms. The van der Waals surface area contributed by atoms with Gasteiger partial charge < -0.3 is 21.8 Å². The van der Waals surface area contributed by atoms with Gasteiger partial charge in [-0.15, -0.1) is 0 Å². The lowest BCUT2D eigenvalue weighted by Crippen LogP contribution is -2.14. The Bertz CT molecular complexity index is 905. The minimum atomic E-state index is 0.236. The Morgan fingerprint density at radius 1 is 1.04 bits per heavy atom. The molecule has 6 N–H and O–H groups in total. The van der Waals surface area contributed by atoms with E-state index in [2.05, 4.69) is 15.6 Å². The second-order valence-corrected chi connectivity index (χ2v) is 5.37. The third kappa shape index (κ3) is 3.81. The van der Waals surface area contributed by atoms with Crippen molar-refractivity contribution < 1.29 is 0 Å². The predicted molar refractivity (Wildman–Crippen MR) is 103 cm³/mol. The van der Waals surface area contributed by atoms with Crippen LogP contribution in [-0.2, 0) is 0 Å². The van der Waals surface area contributed by atoms with Gasteiger partial charge in [0, 0.05) is 34.9 Å². The van der Waals surface area contributed by atoms with Crippen LogP contribution in [0.5, 0.6) is 0 Å². The second-order valence-electron chi connectivity index (χ2n) is 5.37. The van der Waals surface area contributed by atoms with Crippen molar-refractivity contribution in [3.8, 4) is 0 Å². The van der Waals surface area contributed by atoms with Gasteiger partial charge in [-0.25, -0.2) is 4.98 Å². The van der Waals surface area contributed by atoms with Crippen molar-refractivity contribution in [1.29, 1.82) is 10.8 Å². The monoisotopic (exact) mass is 330 g/mol. The topological polar surface area (TPSA) is 111 Å². The van der Waals surface area contributed by atoms with E-state index in [0.29, 0.717) is 28.3 Å². The molecule has 0 saturated carbocycles. The van der Waals surface area contributed by atoms with Crippen molar-refractivity contribution in [3.63, 3.8) is 0 Å². The SMILES string of the molecule is N=Cc1cc(NC(=N)c2ccccc2Nc2ccccn2)ccc1N. The molecule has 3 aromatic rings. The Morgan fingerprint density at radius 3 is 2.60 bits per heavy atom. The summed E-state index contributed by atoms with van der Waals surface area (Å²) < 4.78 is 0. The first-order chi connectivity index (χ1) is 12.2. The van der Waals surface area contributed by atoms with Gasteiger partial charge in [-0.2, -0.15) is 0 Å². The average molecular weight is 330 g/mol. The molecule has 1 aromatic heterocycles. The largest absolute Gasteiger partial charge is 0.398 e. The van der Waals surface area contributed by atoms with Crippen LogP contribution >= 0.6 is 0 Å². The molecule has 6 nitrogen and oxygen atoms in total. The van der Waals surface area contributed by atoms with Gasteiger partial charge in [0.2, 0.25) is 0 Å². The van der Waals surface area contributed by atoms with Crippen LogP contribution in [0, 0.1) is 10.8 Å². The molecule has 0 radical (unpaired) electrons. The van der Waals surface area contributed by atoms with Gasteiger partial charge in [-0.3, -0.25) is 5.41 Å². The van der Waals surface area contributed by atoms with E-state index in [1.807, 2.05) is 42.5 Å². The molecular formula is C19H18N6. The van der Waals surface area contributed by atoms with Crippen molar-refractivity contribution in [2.75, 3.05) is 16.4 Å². The molecule has 0 atom stereocenters. The van der Waals surface area contributed by atoms with Gasteiger partial charge in [0.1, 0.15) is 11.7 Å². The van der Waals surface area contributed by atoms with E-state index in [-0.39, 0.29) is 5.84 Å². The summed E-state index contributed by atoms with van der Waals surface area (Å²) in [5, 5.41) is 22.1. The first-order valence-electron chi connectivity index (χ1n) is 7.70. The summed E-state index contributed by atoms with van der Waals surface area (Å²) in [6, 6.07) is 18.4. The molecule has 0 fully saturated rings. The van der Waals surface area contributed by atoms with E-state index in [0.717, 1.165) is 5.69 Å². The minimum Gasteiger partial charge on any atom is -0.398 e. The quantitative estimate of drug-likeness (QED) is 0.278. The van der Waals surface area contributed by atoms with Crippen LogP contribution in [0.4, 0.5) is 22.9 Å². The number of aromatic nitrogens is 1. The number of hydrogen-bond acceptors (Lipinski definition) is 5. The molecular weight excluding hydrogens is 312 g/mol. The first-order valence-corrected chi connectivity index (χ1v) is 7.70. The fraction of sp³-hybridized carbons (Fsp3) is 0. The van der Waals surface area contributed by atoms with Gasteiger partial charge >= 0.3 is 0 Å². The highest BCUT2D eigenvalue weighted by atomic mass is 15.0. The summed E-state index contributed by atoms with van der Waals surface area (Å²) in [5.41, 5.74) is 9.13. The molecule has 124 valence electrons. The zero-order valence-electron chi connectivity index (χ0n) is 13.5. The van der Waals surface area contributed by atoms with Crippen LogP contribution in [0.3, 0.4) is 0 Å². The molecule has 2 aromatic carbocycles. The highest BCUT2D eigenvalue weighted by molar-refractivity contribution is 6.10. The van der Waals surface area contributed by atoms with Gasteiger partial charge in [0.15, 0.2) is 0 Å². The Hall–Kier alpha value is -3.67. The lowest BCUT2D eigenvalue weighted by molar-refractivity contribution is 1.30. The fourth-order valence-electron chi connectivity index (χ4n) is 2.37. The number of hydrogen-bond donors (Lipinski definition) is 5. The van der Waals surface area contributed by atoms with Crippen molar-refractivity contribution in [2.45, 2.75) is 0 Å². The summed E-state index contributed by atoms with van der Waals surface area (Å²) >= 11 is 0. The number of nitrogens with zero attached hydrogens (tertiary/aromatic N) is 1. The zero-order chi connectivity index (χ0) is 17.6. The highest BCUT2D eigenvalue weighted by Crippen LogP contribution is 2.22. The standard InChI is InChI=1S/C19H18N6/c20-12-13-11-14(8-9-16(13)21)24-19(22)15-5-1-2-6-17(15)25-18-7-3-4-10-23-18/h1-12,20H,21H2,(H2,22,24)(H,23,25). The van der Waals surface area contributed by atoms with E-state index >= 15 is 0 Å². The molecule has 0 aliphatic carbocycles. The van der Waals surface area contributed by atoms with Crippen LogP contribution in [0.1, 0.15) is 11.1 Å². The van der Waals surface area contributed by atoms with Crippen LogP contribution in [0.2, 0.25) is 0 Å². The van der Waals surface area contributed by atoms with Crippen LogP contribution in [0.25, 0.3) is 0 Å². The predicted octanol–water partition coefficient (Wildman–Crippen LogP) is 3.84. The number of pyridine rings is 1. The molecule has 3 rings (SSSR count). The average Bonchev–Trinajstić information content (AvgIpc) is 2.64. The first kappa shape index (κ1) is 16.2. The highest BCUT2D eigenvalue weighted by Gasteiger charge is 2.09. The summed E-state index contributed by atoms with van der Waals surface area (Å²) in [6.45, 7) is 0. The molecule has 0 aliphatic heterocycles. The van der Waals surface area contributed by atoms with Gasteiger partial charge in [0.25, 0.3) is 0 Å². The molecule has 0 bridgehead atoms. The molecule has 0 aliphatic rings. The van der Waals surface area contributed by atoms with Gasteiger partial charge in [-0.1, -0.05) is 18.2 Å². The third-order valence-corrected chi connectivity index (χ3v) is 3.64. The lowest BCUT2D eigenvalue weighted by atomic mass is 10.1. The fourth-order valence-corrected chi connectivity index (χ4v) is 2.37. The number of benzene rings is 2. The number of nitrogens with one attached hydrogen (secondary N) is 4. The Morgan fingerprint density at radius 2 is 1.84 bits per heavy atom. The van der Waals surface area contributed by atoms with Crippen molar-refractivity contribution in [1.82, 2.24) is 4.98 Å². The maximum atomic E-state index is 8.40. The number of para-hydroxylation sites is 1. The maximum absolute atomic E-state index is 8.40. The van der Waals surface area contributed by atoms with E-state index in [1.54, 1.807) is 24.4 Å². The lowest BCUT2D eigenvalue weighted by Gasteiger charge is -2.14. The Kier molecular flexibility index (Phi) is 4.71. The molecule has 0 saturated heterocycles. The van der Waals surface area contributed by atoms with Crippen LogP contribution in [0.15, 0.2) is 66.9 Å². The van der Waals surface area contributed by atoms with E-state index in [4.69, 9.17) is 16.6 Å². The minimum absolute atomic E-state index is 0.236. The molecule has 0 unspecified atom stereocenters. The number of anilines is 4. The molecule has 25 heavy (non-hydrogen) atoms. The number of amidine groups is 1. The van der Waals surface area contributed by atoms with Crippen molar-refractivity contribution >= 4 is 34.9 Å². The van der Waals surface area contributed by atoms with Crippen LogP contribution in [-0.4, -0.2) is 17.0 Å². The summed E-state index contributed by atoms with van der Waals surface area (Å²) in [6.07, 6.45) is 2.91. The Balaban J connectivity index is 1.84. The maximum Gasteiger partial charge on any atom is 0.132 e. The van der Waals surface area contributed by atoms with Gasteiger partial charge in [-0.05, 0) is 42.5 Å². The summed E-state index contributed by atoms with van der Waals surface area (Å²) in [4.78, 5) is 4.25.